The van der Waals surface area contributed by atoms with Crippen LogP contribution >= 0.6 is 11.8 Å². The van der Waals surface area contributed by atoms with Crippen LogP contribution in [0.5, 0.6) is 0 Å². The van der Waals surface area contributed by atoms with Crippen LogP contribution in [0.15, 0.2) is 24.3 Å². The fourth-order valence-corrected chi connectivity index (χ4v) is 5.40. The topological polar surface area (TPSA) is 54.5 Å². The third-order valence-electron chi connectivity index (χ3n) is 3.74. The molecule has 0 aliphatic carbocycles. The summed E-state index contributed by atoms with van der Waals surface area (Å²) < 4.78 is 24.5. The second-order valence-electron chi connectivity index (χ2n) is 5.00. The van der Waals surface area contributed by atoms with Crippen LogP contribution in [0.4, 0.5) is 5.69 Å². The Morgan fingerprint density at radius 2 is 1.95 bits per heavy atom. The maximum Gasteiger partial charge on any atom is 0.171 e. The van der Waals surface area contributed by atoms with Crippen molar-refractivity contribution >= 4 is 33.1 Å². The van der Waals surface area contributed by atoms with Gasteiger partial charge in [0.1, 0.15) is 5.37 Å². The van der Waals surface area contributed by atoms with Gasteiger partial charge in [0.05, 0.1) is 0 Å². The van der Waals surface area contributed by atoms with Gasteiger partial charge in [-0.05, 0) is 24.3 Å². The Hall–Kier alpha value is -1.01. The molecule has 6 heteroatoms. The number of hydrogen-bond donors (Lipinski definition) is 0. The molecule has 0 saturated carbocycles. The van der Waals surface area contributed by atoms with Gasteiger partial charge in [-0.3, -0.25) is 4.79 Å². The van der Waals surface area contributed by atoms with E-state index in [2.05, 4.69) is 0 Å². The summed E-state index contributed by atoms with van der Waals surface area (Å²) in [4.78, 5) is 13.6. The number of sulfone groups is 1. The first-order chi connectivity index (χ1) is 9.99. The van der Waals surface area contributed by atoms with E-state index in [1.54, 1.807) is 30.8 Å². The average Bonchev–Trinajstić information content (AvgIpc) is 2.54. The quantitative estimate of drug-likeness (QED) is 0.778. The zero-order valence-corrected chi connectivity index (χ0v) is 14.0. The predicted octanol–water partition coefficient (Wildman–Crippen LogP) is 2.59. The van der Waals surface area contributed by atoms with Crippen LogP contribution in [0.25, 0.3) is 0 Å². The predicted molar refractivity (Wildman–Crippen MR) is 89.0 cm³/mol. The molecule has 1 aliphatic heterocycles. The van der Waals surface area contributed by atoms with Crippen LogP contribution in [-0.2, 0) is 9.84 Å². The Morgan fingerprint density at radius 3 is 2.52 bits per heavy atom. The molecule has 1 atom stereocenters. The molecule has 1 heterocycles. The summed E-state index contributed by atoms with van der Waals surface area (Å²) in [5.74, 6) is 1.78. The number of thioether (sulfide) groups is 1. The average molecular weight is 327 g/mol. The van der Waals surface area contributed by atoms with Gasteiger partial charge in [0.15, 0.2) is 15.6 Å². The summed E-state index contributed by atoms with van der Waals surface area (Å²) in [6.07, 6.45) is 0.479. The Kier molecular flexibility index (Phi) is 5.32. The van der Waals surface area contributed by atoms with Crippen LogP contribution < -0.4 is 4.90 Å². The van der Waals surface area contributed by atoms with E-state index >= 15 is 0 Å². The van der Waals surface area contributed by atoms with E-state index in [-0.39, 0.29) is 11.5 Å². The first kappa shape index (κ1) is 16.4. The largest absolute Gasteiger partial charge is 0.353 e. The zero-order chi connectivity index (χ0) is 15.5. The summed E-state index contributed by atoms with van der Waals surface area (Å²) in [6, 6.07) is 7.30. The van der Waals surface area contributed by atoms with E-state index in [0.717, 1.165) is 18.0 Å². The van der Waals surface area contributed by atoms with Crippen molar-refractivity contribution in [2.75, 3.05) is 28.7 Å². The molecule has 1 unspecified atom stereocenters. The summed E-state index contributed by atoms with van der Waals surface area (Å²) in [5, 5.41) is -0.464. The van der Waals surface area contributed by atoms with Gasteiger partial charge in [-0.15, -0.1) is 0 Å². The summed E-state index contributed by atoms with van der Waals surface area (Å²) >= 11 is 1.68. The summed E-state index contributed by atoms with van der Waals surface area (Å²) in [7, 11) is -3.11. The monoisotopic (exact) mass is 327 g/mol. The third kappa shape index (κ3) is 3.61. The molecule has 1 aliphatic rings. The van der Waals surface area contributed by atoms with Crippen LogP contribution in [0, 0.1) is 0 Å². The molecule has 1 aromatic carbocycles. The summed E-state index contributed by atoms with van der Waals surface area (Å²) in [6.45, 7) is 4.24. The van der Waals surface area contributed by atoms with Gasteiger partial charge in [0.25, 0.3) is 0 Å². The van der Waals surface area contributed by atoms with Crippen molar-refractivity contribution in [1.82, 2.24) is 0 Å². The van der Waals surface area contributed by atoms with Crippen molar-refractivity contribution in [1.29, 1.82) is 0 Å². The second-order valence-corrected chi connectivity index (χ2v) is 8.60. The molecular formula is C15H21NO3S2. The van der Waals surface area contributed by atoms with Crippen molar-refractivity contribution in [3.05, 3.63) is 29.8 Å². The Morgan fingerprint density at radius 1 is 1.29 bits per heavy atom. The van der Waals surface area contributed by atoms with E-state index in [9.17, 15) is 13.2 Å². The summed E-state index contributed by atoms with van der Waals surface area (Å²) in [5.41, 5.74) is 1.56. The van der Waals surface area contributed by atoms with Gasteiger partial charge in [-0.2, -0.15) is 11.8 Å². The lowest BCUT2D eigenvalue weighted by Gasteiger charge is -2.36. The number of benzene rings is 1. The standard InChI is InChI=1S/C15H21NO3S2/c1-3-14(17)12-5-7-13(8-6-12)16-9-10-20-11-15(16)21(18,19)4-2/h5-8,15H,3-4,9-11H2,1-2H3. The van der Waals surface area contributed by atoms with Crippen LogP contribution in [0.3, 0.4) is 0 Å². The Labute approximate surface area is 130 Å². The Bertz CT molecular complexity index is 596. The van der Waals surface area contributed by atoms with Crippen LogP contribution in [0.2, 0.25) is 0 Å². The van der Waals surface area contributed by atoms with E-state index < -0.39 is 15.2 Å². The molecule has 0 aromatic heterocycles. The molecule has 4 nitrogen and oxygen atoms in total. The number of anilines is 1. The first-order valence-corrected chi connectivity index (χ1v) is 10.1. The molecule has 2 rings (SSSR count). The van der Waals surface area contributed by atoms with Gasteiger partial charge in [0, 0.05) is 41.5 Å². The molecule has 1 saturated heterocycles. The highest BCUT2D eigenvalue weighted by Gasteiger charge is 2.32. The maximum absolute atomic E-state index is 12.3. The molecule has 21 heavy (non-hydrogen) atoms. The second kappa shape index (κ2) is 6.83. The molecule has 1 fully saturated rings. The number of carbonyl (C=O) groups is 1. The van der Waals surface area contributed by atoms with Crippen molar-refractivity contribution < 1.29 is 13.2 Å². The normalized spacial score (nSPS) is 19.5. The van der Waals surface area contributed by atoms with Gasteiger partial charge < -0.3 is 4.90 Å². The SMILES string of the molecule is CCC(=O)c1ccc(N2CCSCC2S(=O)(=O)CC)cc1. The lowest BCUT2D eigenvalue weighted by molar-refractivity contribution is 0.0988. The number of hydrogen-bond acceptors (Lipinski definition) is 5. The zero-order valence-electron chi connectivity index (χ0n) is 12.4. The molecule has 0 spiro atoms. The van der Waals surface area contributed by atoms with Gasteiger partial charge >= 0.3 is 0 Å². The van der Waals surface area contributed by atoms with Crippen molar-refractivity contribution in [3.63, 3.8) is 0 Å². The molecule has 116 valence electrons. The van der Waals surface area contributed by atoms with E-state index in [4.69, 9.17) is 0 Å². The lowest BCUT2D eigenvalue weighted by atomic mass is 10.1. The lowest BCUT2D eigenvalue weighted by Crippen LogP contribution is -2.48. The molecule has 1 aromatic rings. The fourth-order valence-electron chi connectivity index (χ4n) is 2.41. The van der Waals surface area contributed by atoms with Gasteiger partial charge in [-0.1, -0.05) is 13.8 Å². The fraction of sp³-hybridized carbons (Fsp3) is 0.533. The minimum atomic E-state index is -3.11. The molecular weight excluding hydrogens is 306 g/mol. The number of Topliss-reactive ketones (excluding diaryl/α,β-unsaturated/α-hetero) is 1. The van der Waals surface area contributed by atoms with Crippen molar-refractivity contribution in [2.24, 2.45) is 0 Å². The van der Waals surface area contributed by atoms with Gasteiger partial charge in [0.2, 0.25) is 0 Å². The number of carbonyl (C=O) groups excluding carboxylic acids is 1. The van der Waals surface area contributed by atoms with Crippen molar-refractivity contribution in [3.8, 4) is 0 Å². The van der Waals surface area contributed by atoms with Crippen LogP contribution in [0.1, 0.15) is 30.6 Å². The minimum absolute atomic E-state index is 0.105. The van der Waals surface area contributed by atoms with E-state index in [1.807, 2.05) is 24.0 Å². The third-order valence-corrected chi connectivity index (χ3v) is 7.03. The highest BCUT2D eigenvalue weighted by Crippen LogP contribution is 2.27. The van der Waals surface area contributed by atoms with Gasteiger partial charge in [-0.25, -0.2) is 8.42 Å². The maximum atomic E-state index is 12.3. The van der Waals surface area contributed by atoms with Crippen molar-refractivity contribution in [2.45, 2.75) is 25.6 Å². The highest BCUT2D eigenvalue weighted by molar-refractivity contribution is 8.01. The molecule has 0 bridgehead atoms. The van der Waals surface area contributed by atoms with E-state index in [1.165, 1.54) is 0 Å². The highest BCUT2D eigenvalue weighted by atomic mass is 32.2. The van der Waals surface area contributed by atoms with E-state index in [0.29, 0.717) is 17.7 Å². The van der Waals surface area contributed by atoms with Crippen LogP contribution in [-0.4, -0.2) is 43.4 Å². The Balaban J connectivity index is 2.28. The number of nitrogens with zero attached hydrogens (tertiary/aromatic N) is 1. The molecule has 0 N–H and O–H groups in total. The molecule has 0 radical (unpaired) electrons. The number of rotatable bonds is 5. The smallest absolute Gasteiger partial charge is 0.171 e. The minimum Gasteiger partial charge on any atom is -0.353 e. The molecule has 0 amide bonds. The number of ketones is 1. The first-order valence-electron chi connectivity index (χ1n) is 7.18.